The summed E-state index contributed by atoms with van der Waals surface area (Å²) in [6, 6.07) is 5.58. The summed E-state index contributed by atoms with van der Waals surface area (Å²) in [6.45, 7) is 5.59. The zero-order valence-electron chi connectivity index (χ0n) is 13.4. The summed E-state index contributed by atoms with van der Waals surface area (Å²) >= 11 is 0. The van der Waals surface area contributed by atoms with Gasteiger partial charge in [-0.25, -0.2) is 0 Å². The predicted octanol–water partition coefficient (Wildman–Crippen LogP) is 1.16. The number of benzene rings is 1. The van der Waals surface area contributed by atoms with Crippen LogP contribution < -0.4 is 10.5 Å². The number of aromatic nitrogens is 1. The number of fused-ring (bicyclic) bond motifs is 1. The van der Waals surface area contributed by atoms with Gasteiger partial charge in [-0.3, -0.25) is 4.79 Å². The van der Waals surface area contributed by atoms with Gasteiger partial charge < -0.3 is 19.4 Å². The third-order valence-corrected chi connectivity index (χ3v) is 4.56. The van der Waals surface area contributed by atoms with Crippen molar-refractivity contribution < 1.29 is 9.90 Å². The van der Waals surface area contributed by atoms with E-state index in [9.17, 15) is 14.7 Å². The standard InChI is InChI=1S/C18H22N2O3/c1-13-5-6-16-14(11-13)17(21)15(18(22)23)12-20(16)10-9-19-7-3-2-4-8-19/h5-6,11-12H,2-4,7-10H2,1H3,(H,22,23)/p-1. The first kappa shape index (κ1) is 15.7. The maximum Gasteiger partial charge on any atom is 0.198 e. The molecule has 2 aromatic rings. The summed E-state index contributed by atoms with van der Waals surface area (Å²) in [7, 11) is 0. The van der Waals surface area contributed by atoms with E-state index >= 15 is 0 Å². The number of carboxylic acid groups (broad SMARTS) is 1. The van der Waals surface area contributed by atoms with Crippen molar-refractivity contribution in [2.24, 2.45) is 0 Å². The summed E-state index contributed by atoms with van der Waals surface area (Å²) in [5.41, 5.74) is 0.995. The molecule has 0 unspecified atom stereocenters. The minimum absolute atomic E-state index is 0.262. The van der Waals surface area contributed by atoms with Crippen LogP contribution in [0.1, 0.15) is 35.2 Å². The number of pyridine rings is 1. The predicted molar refractivity (Wildman–Crippen MR) is 87.6 cm³/mol. The summed E-state index contributed by atoms with van der Waals surface area (Å²) in [6.07, 6.45) is 5.15. The molecule has 5 heteroatoms. The molecule has 5 nitrogen and oxygen atoms in total. The van der Waals surface area contributed by atoms with E-state index in [1.165, 1.54) is 25.5 Å². The number of hydrogen-bond donors (Lipinski definition) is 0. The van der Waals surface area contributed by atoms with Gasteiger partial charge in [-0.15, -0.1) is 0 Å². The fraction of sp³-hybridized carbons (Fsp3) is 0.444. The molecule has 1 aromatic heterocycles. The van der Waals surface area contributed by atoms with Crippen LogP contribution in [0.4, 0.5) is 0 Å². The molecule has 1 aliphatic heterocycles. The van der Waals surface area contributed by atoms with E-state index in [2.05, 4.69) is 4.90 Å². The van der Waals surface area contributed by atoms with Crippen molar-refractivity contribution in [3.05, 3.63) is 45.7 Å². The molecule has 0 amide bonds. The molecule has 0 bridgehead atoms. The van der Waals surface area contributed by atoms with Crippen LogP contribution in [0.2, 0.25) is 0 Å². The van der Waals surface area contributed by atoms with Gasteiger partial charge in [0.15, 0.2) is 5.43 Å². The highest BCUT2D eigenvalue weighted by atomic mass is 16.4. The van der Waals surface area contributed by atoms with Gasteiger partial charge in [-0.1, -0.05) is 18.1 Å². The van der Waals surface area contributed by atoms with Gasteiger partial charge in [0.1, 0.15) is 0 Å². The quantitative estimate of drug-likeness (QED) is 0.849. The van der Waals surface area contributed by atoms with Gasteiger partial charge in [0, 0.05) is 24.7 Å². The Morgan fingerprint density at radius 1 is 1.17 bits per heavy atom. The first-order valence-corrected chi connectivity index (χ1v) is 8.14. The Balaban J connectivity index is 1.99. The Kier molecular flexibility index (Phi) is 4.48. The van der Waals surface area contributed by atoms with Gasteiger partial charge >= 0.3 is 0 Å². The number of carboxylic acids is 1. The van der Waals surface area contributed by atoms with E-state index in [1.807, 2.05) is 23.6 Å². The lowest BCUT2D eigenvalue weighted by Crippen LogP contribution is -2.34. The lowest BCUT2D eigenvalue weighted by molar-refractivity contribution is -0.255. The molecule has 1 fully saturated rings. The van der Waals surface area contributed by atoms with Gasteiger partial charge in [0.05, 0.1) is 17.0 Å². The minimum atomic E-state index is -1.41. The van der Waals surface area contributed by atoms with Crippen molar-refractivity contribution in [1.82, 2.24) is 9.47 Å². The first-order chi connectivity index (χ1) is 11.1. The second-order valence-electron chi connectivity index (χ2n) is 6.28. The zero-order chi connectivity index (χ0) is 16.4. The van der Waals surface area contributed by atoms with Crippen LogP contribution in [-0.2, 0) is 6.54 Å². The normalized spacial score (nSPS) is 15.9. The molecule has 0 radical (unpaired) electrons. The van der Waals surface area contributed by atoms with Crippen molar-refractivity contribution in [3.63, 3.8) is 0 Å². The molecule has 1 saturated heterocycles. The molecule has 3 rings (SSSR count). The van der Waals surface area contributed by atoms with Crippen molar-refractivity contribution in [2.45, 2.75) is 32.7 Å². The number of nitrogens with zero attached hydrogens (tertiary/aromatic N) is 2. The number of piperidine rings is 1. The average molecular weight is 313 g/mol. The molecule has 0 aliphatic carbocycles. The molecule has 122 valence electrons. The fourth-order valence-electron chi connectivity index (χ4n) is 3.27. The highest BCUT2D eigenvalue weighted by molar-refractivity contribution is 5.91. The number of likely N-dealkylation sites (tertiary alicyclic amines) is 1. The number of hydrogen-bond acceptors (Lipinski definition) is 4. The highest BCUT2D eigenvalue weighted by Crippen LogP contribution is 2.15. The second-order valence-corrected chi connectivity index (χ2v) is 6.28. The Bertz CT molecular complexity index is 789. The number of aryl methyl sites for hydroxylation is 1. The van der Waals surface area contributed by atoms with Crippen LogP contribution in [0, 0.1) is 6.92 Å². The smallest absolute Gasteiger partial charge is 0.198 e. The molecule has 0 saturated carbocycles. The topological polar surface area (TPSA) is 65.4 Å². The highest BCUT2D eigenvalue weighted by Gasteiger charge is 2.13. The van der Waals surface area contributed by atoms with Crippen LogP contribution in [0.25, 0.3) is 10.9 Å². The molecular weight excluding hydrogens is 292 g/mol. The van der Waals surface area contributed by atoms with E-state index in [1.54, 1.807) is 6.07 Å². The van der Waals surface area contributed by atoms with E-state index in [4.69, 9.17) is 0 Å². The first-order valence-electron chi connectivity index (χ1n) is 8.14. The Labute approximate surface area is 135 Å². The summed E-state index contributed by atoms with van der Waals surface area (Å²) < 4.78 is 1.87. The molecule has 1 aliphatic rings. The average Bonchev–Trinajstić information content (AvgIpc) is 2.55. The monoisotopic (exact) mass is 313 g/mol. The number of carbonyl (C=O) groups is 1. The van der Waals surface area contributed by atoms with Crippen LogP contribution >= 0.6 is 0 Å². The summed E-state index contributed by atoms with van der Waals surface area (Å²) in [5, 5.41) is 11.7. The van der Waals surface area contributed by atoms with E-state index in [0.29, 0.717) is 11.9 Å². The third-order valence-electron chi connectivity index (χ3n) is 4.56. The summed E-state index contributed by atoms with van der Waals surface area (Å²) in [5.74, 6) is -1.41. The lowest BCUT2D eigenvalue weighted by atomic mass is 10.1. The molecule has 2 heterocycles. The van der Waals surface area contributed by atoms with Gasteiger partial charge in [0.2, 0.25) is 0 Å². The maximum atomic E-state index is 12.3. The van der Waals surface area contributed by atoms with Crippen molar-refractivity contribution in [2.75, 3.05) is 19.6 Å². The molecule has 0 spiro atoms. The minimum Gasteiger partial charge on any atom is -0.545 e. The molecule has 0 atom stereocenters. The number of carbonyl (C=O) groups excluding carboxylic acids is 1. The van der Waals surface area contributed by atoms with Crippen molar-refractivity contribution in [1.29, 1.82) is 0 Å². The molecule has 23 heavy (non-hydrogen) atoms. The third kappa shape index (κ3) is 3.29. The lowest BCUT2D eigenvalue weighted by Gasteiger charge is -2.27. The van der Waals surface area contributed by atoms with Crippen LogP contribution in [-0.4, -0.2) is 35.1 Å². The van der Waals surface area contributed by atoms with E-state index < -0.39 is 11.4 Å². The number of rotatable bonds is 4. The van der Waals surface area contributed by atoms with E-state index in [-0.39, 0.29) is 5.56 Å². The fourth-order valence-corrected chi connectivity index (χ4v) is 3.27. The second kappa shape index (κ2) is 6.54. The maximum absolute atomic E-state index is 12.3. The SMILES string of the molecule is Cc1ccc2c(c1)c(=O)c(C(=O)[O-])cn2CCN1CCCCC1. The van der Waals surface area contributed by atoms with Crippen LogP contribution in [0.15, 0.2) is 29.2 Å². The largest absolute Gasteiger partial charge is 0.545 e. The van der Waals surface area contributed by atoms with Crippen LogP contribution in [0.3, 0.4) is 0 Å². The van der Waals surface area contributed by atoms with Crippen molar-refractivity contribution in [3.8, 4) is 0 Å². The molecule has 0 N–H and O–H groups in total. The zero-order valence-corrected chi connectivity index (χ0v) is 13.4. The van der Waals surface area contributed by atoms with Gasteiger partial charge in [0.25, 0.3) is 0 Å². The molecular formula is C18H21N2O3-. The van der Waals surface area contributed by atoms with Crippen LogP contribution in [0.5, 0.6) is 0 Å². The van der Waals surface area contributed by atoms with Gasteiger partial charge in [-0.2, -0.15) is 0 Å². The number of aromatic carboxylic acids is 1. The Hall–Kier alpha value is -2.14. The van der Waals surface area contributed by atoms with Gasteiger partial charge in [-0.05, 0) is 45.0 Å². The van der Waals surface area contributed by atoms with Crippen molar-refractivity contribution >= 4 is 16.9 Å². The molecule has 1 aromatic carbocycles. The summed E-state index contributed by atoms with van der Waals surface area (Å²) in [4.78, 5) is 26.0. The Morgan fingerprint density at radius 2 is 1.91 bits per heavy atom. The van der Waals surface area contributed by atoms with E-state index in [0.717, 1.165) is 30.7 Å². The Morgan fingerprint density at radius 3 is 2.61 bits per heavy atom.